The Morgan fingerprint density at radius 3 is 1.89 bits per heavy atom. The monoisotopic (exact) mass is 679 g/mol. The van der Waals surface area contributed by atoms with Gasteiger partial charge in [-0.3, -0.25) is 9.97 Å². The van der Waals surface area contributed by atoms with Crippen LogP contribution in [0.2, 0.25) is 0 Å². The van der Waals surface area contributed by atoms with Crippen LogP contribution in [0.15, 0.2) is 182 Å². The molecule has 250 valence electrons. The fourth-order valence-corrected chi connectivity index (χ4v) is 7.69. The first-order valence-corrected chi connectivity index (χ1v) is 18.0. The summed E-state index contributed by atoms with van der Waals surface area (Å²) in [6.45, 7) is 0. The summed E-state index contributed by atoms with van der Waals surface area (Å²) < 4.78 is 2.39. The largest absolute Gasteiger partial charge is 0.308 e. The molecule has 1 atom stereocenters. The second kappa shape index (κ2) is 13.0. The van der Waals surface area contributed by atoms with Gasteiger partial charge in [0.2, 0.25) is 0 Å². The van der Waals surface area contributed by atoms with Crippen molar-refractivity contribution in [1.82, 2.24) is 24.5 Å². The number of rotatable bonds is 6. The summed E-state index contributed by atoms with van der Waals surface area (Å²) in [7, 11) is 0. The summed E-state index contributed by atoms with van der Waals surface area (Å²) >= 11 is 0. The van der Waals surface area contributed by atoms with Crippen LogP contribution in [-0.2, 0) is 0 Å². The number of allylic oxidation sites excluding steroid dienone is 4. The molecule has 0 radical (unpaired) electrons. The van der Waals surface area contributed by atoms with Crippen molar-refractivity contribution in [3.8, 4) is 39.7 Å². The Kier molecular flexibility index (Phi) is 7.54. The van der Waals surface area contributed by atoms with Gasteiger partial charge in [-0.05, 0) is 83.8 Å². The molecule has 5 heterocycles. The molecule has 0 saturated carbocycles. The quantitative estimate of drug-likeness (QED) is 0.175. The first kappa shape index (κ1) is 30.8. The van der Waals surface area contributed by atoms with Gasteiger partial charge in [0.15, 0.2) is 0 Å². The average Bonchev–Trinajstić information content (AvgIpc) is 3.60. The van der Waals surface area contributed by atoms with Gasteiger partial charge < -0.3 is 4.57 Å². The van der Waals surface area contributed by atoms with E-state index >= 15 is 0 Å². The van der Waals surface area contributed by atoms with Gasteiger partial charge in [-0.1, -0.05) is 109 Å². The molecular weight excluding hydrogens is 647 g/mol. The predicted octanol–water partition coefficient (Wildman–Crippen LogP) is 11.6. The van der Waals surface area contributed by atoms with E-state index in [0.717, 1.165) is 62.6 Å². The Hall–Kier alpha value is -6.98. The van der Waals surface area contributed by atoms with Crippen LogP contribution in [-0.4, -0.2) is 24.5 Å². The third kappa shape index (κ3) is 5.51. The van der Waals surface area contributed by atoms with Crippen LogP contribution in [0.5, 0.6) is 0 Å². The summed E-state index contributed by atoms with van der Waals surface area (Å²) in [4.78, 5) is 19.4. The van der Waals surface area contributed by atoms with E-state index in [9.17, 15) is 0 Å². The normalized spacial score (nSPS) is 14.2. The molecule has 0 saturated heterocycles. The molecule has 1 unspecified atom stereocenters. The third-order valence-corrected chi connectivity index (χ3v) is 10.2. The van der Waals surface area contributed by atoms with Crippen LogP contribution >= 0.6 is 0 Å². The van der Waals surface area contributed by atoms with Crippen molar-refractivity contribution in [3.05, 3.63) is 193 Å². The molecule has 10 rings (SSSR count). The van der Waals surface area contributed by atoms with Crippen LogP contribution < -0.4 is 0 Å². The van der Waals surface area contributed by atoms with Crippen molar-refractivity contribution >= 4 is 38.3 Å². The molecule has 5 nitrogen and oxygen atoms in total. The Balaban J connectivity index is 1.01. The molecule has 0 fully saturated rings. The van der Waals surface area contributed by atoms with E-state index in [4.69, 9.17) is 9.97 Å². The van der Waals surface area contributed by atoms with E-state index in [1.54, 1.807) is 12.4 Å². The lowest BCUT2D eigenvalue weighted by Crippen LogP contribution is -2.00. The second-order valence-electron chi connectivity index (χ2n) is 13.4. The second-order valence-corrected chi connectivity index (χ2v) is 13.4. The van der Waals surface area contributed by atoms with E-state index in [-0.39, 0.29) is 5.92 Å². The molecule has 0 bridgehead atoms. The summed E-state index contributed by atoms with van der Waals surface area (Å²) in [6.07, 6.45) is 11.4. The highest BCUT2D eigenvalue weighted by Gasteiger charge is 2.21. The minimum absolute atomic E-state index is 0.268. The summed E-state index contributed by atoms with van der Waals surface area (Å²) in [6, 6.07) is 53.0. The topological polar surface area (TPSA) is 56.5 Å². The van der Waals surface area contributed by atoms with Crippen LogP contribution in [0.3, 0.4) is 0 Å². The maximum absolute atomic E-state index is 5.32. The molecule has 5 heteroatoms. The fourth-order valence-electron chi connectivity index (χ4n) is 7.69. The molecule has 1 aliphatic rings. The highest BCUT2D eigenvalue weighted by Crippen LogP contribution is 2.42. The van der Waals surface area contributed by atoms with E-state index in [1.807, 2.05) is 36.4 Å². The first-order chi connectivity index (χ1) is 26.3. The van der Waals surface area contributed by atoms with Crippen molar-refractivity contribution < 1.29 is 0 Å². The van der Waals surface area contributed by atoms with E-state index < -0.39 is 0 Å². The zero-order chi connectivity index (χ0) is 35.1. The SMILES string of the molecule is C1=CC(c2ccc(-c3nc4ccccc4c4c3c3ccccc3n4-c3ccccc3)cc2)CC=C1c1cc(-c2ccccn2)nc(-c2ccccn2)c1. The molecule has 0 N–H and O–H groups in total. The minimum atomic E-state index is 0.268. The van der Waals surface area contributed by atoms with Gasteiger partial charge in [-0.2, -0.15) is 0 Å². The third-order valence-electron chi connectivity index (χ3n) is 10.2. The Morgan fingerprint density at radius 1 is 0.547 bits per heavy atom. The first-order valence-electron chi connectivity index (χ1n) is 18.0. The van der Waals surface area contributed by atoms with Crippen LogP contribution in [0.4, 0.5) is 0 Å². The van der Waals surface area contributed by atoms with E-state index in [1.165, 1.54) is 32.9 Å². The summed E-state index contributed by atoms with van der Waals surface area (Å²) in [5, 5.41) is 3.52. The molecule has 1 aliphatic carbocycles. The summed E-state index contributed by atoms with van der Waals surface area (Å²) in [5.74, 6) is 0.268. The molecule has 0 spiro atoms. The number of hydrogen-bond acceptors (Lipinski definition) is 4. The zero-order valence-electron chi connectivity index (χ0n) is 28.8. The van der Waals surface area contributed by atoms with Gasteiger partial charge in [0.25, 0.3) is 0 Å². The van der Waals surface area contributed by atoms with Crippen LogP contribution in [0.25, 0.3) is 78.0 Å². The maximum Gasteiger partial charge on any atom is 0.0900 e. The van der Waals surface area contributed by atoms with E-state index in [2.05, 4.69) is 148 Å². The average molecular weight is 680 g/mol. The molecule has 53 heavy (non-hydrogen) atoms. The highest BCUT2D eigenvalue weighted by molar-refractivity contribution is 6.22. The zero-order valence-corrected chi connectivity index (χ0v) is 28.8. The van der Waals surface area contributed by atoms with Crippen molar-refractivity contribution in [2.75, 3.05) is 0 Å². The van der Waals surface area contributed by atoms with Gasteiger partial charge >= 0.3 is 0 Å². The fraction of sp³-hybridized carbons (Fsp3) is 0.0417. The number of pyridine rings is 4. The Morgan fingerprint density at radius 2 is 1.21 bits per heavy atom. The Bertz CT molecular complexity index is 2780. The van der Waals surface area contributed by atoms with Gasteiger partial charge in [0.1, 0.15) is 0 Å². The smallest absolute Gasteiger partial charge is 0.0900 e. The molecule has 4 aromatic carbocycles. The highest BCUT2D eigenvalue weighted by atomic mass is 15.0. The number of fused-ring (bicyclic) bond motifs is 5. The molecule has 5 aromatic heterocycles. The molecule has 9 aromatic rings. The minimum Gasteiger partial charge on any atom is -0.308 e. The lowest BCUT2D eigenvalue weighted by atomic mass is 9.87. The number of para-hydroxylation sites is 3. The number of benzene rings is 4. The van der Waals surface area contributed by atoms with Gasteiger partial charge in [0, 0.05) is 45.7 Å². The summed E-state index contributed by atoms with van der Waals surface area (Å²) in [5.41, 5.74) is 13.5. The van der Waals surface area contributed by atoms with Crippen molar-refractivity contribution in [3.63, 3.8) is 0 Å². The molecule has 0 amide bonds. The van der Waals surface area contributed by atoms with Crippen LogP contribution in [0, 0.1) is 0 Å². The number of nitrogens with zero attached hydrogens (tertiary/aromatic N) is 5. The van der Waals surface area contributed by atoms with Gasteiger partial charge in [0.05, 0.1) is 45.0 Å². The van der Waals surface area contributed by atoms with Gasteiger partial charge in [-0.25, -0.2) is 9.97 Å². The van der Waals surface area contributed by atoms with Gasteiger partial charge in [-0.15, -0.1) is 0 Å². The predicted molar refractivity (Wildman–Crippen MR) is 217 cm³/mol. The van der Waals surface area contributed by atoms with Crippen molar-refractivity contribution in [1.29, 1.82) is 0 Å². The number of hydrogen-bond donors (Lipinski definition) is 0. The van der Waals surface area contributed by atoms with Crippen molar-refractivity contribution in [2.24, 2.45) is 0 Å². The molecule has 0 aliphatic heterocycles. The van der Waals surface area contributed by atoms with E-state index in [0.29, 0.717) is 0 Å². The van der Waals surface area contributed by atoms with Crippen LogP contribution in [0.1, 0.15) is 23.5 Å². The maximum atomic E-state index is 5.32. The molecular formula is C48H33N5. The lowest BCUT2D eigenvalue weighted by molar-refractivity contribution is 0.857. The van der Waals surface area contributed by atoms with Crippen molar-refractivity contribution in [2.45, 2.75) is 12.3 Å². The Labute approximate surface area is 307 Å². The lowest BCUT2D eigenvalue weighted by Gasteiger charge is -2.18. The number of aromatic nitrogens is 5. The standard InChI is InChI=1S/C48H33N5/c1-2-12-37(13-3-1)53-45-19-7-5-15-39(45)46-47(52-40-16-6-4-14-38(40)48(46)53)35-26-24-33(25-27-35)32-20-22-34(23-21-32)36-30-43(41-17-8-10-28-49-41)51-44(31-36)42-18-9-11-29-50-42/h1-20,22-32H,21H2.